The van der Waals surface area contributed by atoms with Crippen molar-refractivity contribution in [2.45, 2.75) is 6.54 Å². The van der Waals surface area contributed by atoms with Crippen LogP contribution in [0.4, 0.5) is 0 Å². The van der Waals surface area contributed by atoms with Gasteiger partial charge in [0.05, 0.1) is 11.4 Å². The molecule has 6 rings (SSSR count). The number of para-hydroxylation sites is 1. The summed E-state index contributed by atoms with van der Waals surface area (Å²) in [5.74, 6) is 1.23. The van der Waals surface area contributed by atoms with E-state index in [0.29, 0.717) is 12.3 Å². The second-order valence-electron chi connectivity index (χ2n) is 8.90. The Kier molecular flexibility index (Phi) is 6.43. The zero-order valence-corrected chi connectivity index (χ0v) is 20.6. The Morgan fingerprint density at radius 3 is 2.29 bits per heavy atom. The van der Waals surface area contributed by atoms with E-state index >= 15 is 0 Å². The van der Waals surface area contributed by atoms with Gasteiger partial charge in [-0.25, -0.2) is 4.68 Å². The van der Waals surface area contributed by atoms with Crippen LogP contribution in [0, 0.1) is 0 Å². The maximum Gasteiger partial charge on any atom is 0.244 e. The van der Waals surface area contributed by atoms with Gasteiger partial charge in [-0.1, -0.05) is 78.9 Å². The molecular weight excluding hydrogens is 474 g/mol. The SMILES string of the molecule is O=C(/C=C/c1cn(-c2ccccc2)nc1-c1ccc(-c2ccccc2)cc1)NCc1ccc2c(c1)OCO2. The van der Waals surface area contributed by atoms with Crippen LogP contribution >= 0.6 is 0 Å². The molecule has 38 heavy (non-hydrogen) atoms. The zero-order valence-electron chi connectivity index (χ0n) is 20.6. The van der Waals surface area contributed by atoms with Crippen molar-refractivity contribution in [1.29, 1.82) is 0 Å². The minimum Gasteiger partial charge on any atom is -0.454 e. The fourth-order valence-electron chi connectivity index (χ4n) is 4.36. The first-order valence-electron chi connectivity index (χ1n) is 12.4. The van der Waals surface area contributed by atoms with Gasteiger partial charge in [0, 0.05) is 29.9 Å². The molecule has 1 N–H and O–H groups in total. The number of hydrogen-bond donors (Lipinski definition) is 1. The zero-order chi connectivity index (χ0) is 25.7. The normalized spacial score (nSPS) is 12.1. The topological polar surface area (TPSA) is 65.4 Å². The predicted octanol–water partition coefficient (Wildman–Crippen LogP) is 6.26. The van der Waals surface area contributed by atoms with E-state index in [9.17, 15) is 4.79 Å². The number of carbonyl (C=O) groups excluding carboxylic acids is 1. The minimum atomic E-state index is -0.194. The lowest BCUT2D eigenvalue weighted by molar-refractivity contribution is -0.116. The molecule has 4 aromatic carbocycles. The van der Waals surface area contributed by atoms with Crippen LogP contribution < -0.4 is 14.8 Å². The summed E-state index contributed by atoms with van der Waals surface area (Å²) in [7, 11) is 0. The first-order valence-corrected chi connectivity index (χ1v) is 12.4. The maximum absolute atomic E-state index is 12.7. The molecule has 186 valence electrons. The summed E-state index contributed by atoms with van der Waals surface area (Å²) in [5.41, 5.74) is 6.80. The largest absolute Gasteiger partial charge is 0.454 e. The number of nitrogens with one attached hydrogen (secondary N) is 1. The maximum atomic E-state index is 12.7. The summed E-state index contributed by atoms with van der Waals surface area (Å²) >= 11 is 0. The quantitative estimate of drug-likeness (QED) is 0.268. The molecule has 0 bridgehead atoms. The molecule has 1 aliphatic heterocycles. The summed E-state index contributed by atoms with van der Waals surface area (Å²) in [5, 5.41) is 7.80. The number of rotatable bonds is 7. The highest BCUT2D eigenvalue weighted by Crippen LogP contribution is 2.32. The van der Waals surface area contributed by atoms with Gasteiger partial charge >= 0.3 is 0 Å². The highest BCUT2D eigenvalue weighted by Gasteiger charge is 2.14. The van der Waals surface area contributed by atoms with Gasteiger partial charge in [-0.2, -0.15) is 5.10 Å². The minimum absolute atomic E-state index is 0.194. The van der Waals surface area contributed by atoms with E-state index in [1.54, 1.807) is 6.08 Å². The molecule has 0 unspecified atom stereocenters. The van der Waals surface area contributed by atoms with Gasteiger partial charge in [0.1, 0.15) is 0 Å². The molecule has 0 aliphatic carbocycles. The molecular formula is C32H25N3O3. The Morgan fingerprint density at radius 1 is 0.816 bits per heavy atom. The van der Waals surface area contributed by atoms with E-state index in [1.165, 1.54) is 0 Å². The number of nitrogens with zero attached hydrogens (tertiary/aromatic N) is 2. The molecule has 0 radical (unpaired) electrons. The van der Waals surface area contributed by atoms with Crippen LogP contribution in [-0.4, -0.2) is 22.5 Å². The summed E-state index contributed by atoms with van der Waals surface area (Å²) in [6.07, 6.45) is 5.29. The lowest BCUT2D eigenvalue weighted by Gasteiger charge is -2.05. The standard InChI is InChI=1S/C32H25N3O3/c36-31(33-20-23-11-17-29-30(19-23)38-22-37-29)18-16-27-21-35(28-9-5-2-6-10-28)34-32(27)26-14-12-25(13-15-26)24-7-3-1-4-8-24/h1-19,21H,20,22H2,(H,33,36)/b18-16+. The average molecular weight is 500 g/mol. The molecule has 0 spiro atoms. The Hall–Kier alpha value is -5.10. The fraction of sp³-hybridized carbons (Fsp3) is 0.0625. The molecule has 1 aromatic heterocycles. The second kappa shape index (κ2) is 10.5. The Bertz CT molecular complexity index is 1590. The van der Waals surface area contributed by atoms with Gasteiger partial charge < -0.3 is 14.8 Å². The first-order chi connectivity index (χ1) is 18.7. The van der Waals surface area contributed by atoms with Gasteiger partial charge in [0.15, 0.2) is 11.5 Å². The number of aromatic nitrogens is 2. The van der Waals surface area contributed by atoms with Crippen molar-refractivity contribution in [2.24, 2.45) is 0 Å². The molecule has 1 aliphatic rings. The van der Waals surface area contributed by atoms with Crippen molar-refractivity contribution in [3.05, 3.63) is 127 Å². The van der Waals surface area contributed by atoms with E-state index in [1.807, 2.05) is 83.7 Å². The Morgan fingerprint density at radius 2 is 1.50 bits per heavy atom. The van der Waals surface area contributed by atoms with Crippen molar-refractivity contribution >= 4 is 12.0 Å². The van der Waals surface area contributed by atoms with Crippen molar-refractivity contribution in [3.8, 4) is 39.6 Å². The summed E-state index contributed by atoms with van der Waals surface area (Å²) in [6, 6.07) is 34.2. The first kappa shape index (κ1) is 23.3. The average Bonchev–Trinajstić information content (AvgIpc) is 3.63. The number of amides is 1. The number of ether oxygens (including phenoxy) is 2. The Balaban J connectivity index is 1.23. The molecule has 0 atom stereocenters. The van der Waals surface area contributed by atoms with E-state index in [4.69, 9.17) is 14.6 Å². The Labute approximate surface area is 220 Å². The van der Waals surface area contributed by atoms with E-state index < -0.39 is 0 Å². The molecule has 0 saturated heterocycles. The number of benzene rings is 4. The number of hydrogen-bond acceptors (Lipinski definition) is 4. The van der Waals surface area contributed by atoms with Crippen molar-refractivity contribution in [3.63, 3.8) is 0 Å². The fourth-order valence-corrected chi connectivity index (χ4v) is 4.36. The summed E-state index contributed by atoms with van der Waals surface area (Å²) in [6.45, 7) is 0.610. The lowest BCUT2D eigenvalue weighted by atomic mass is 10.0. The molecule has 6 nitrogen and oxygen atoms in total. The van der Waals surface area contributed by atoms with Gasteiger partial charge in [-0.15, -0.1) is 0 Å². The van der Waals surface area contributed by atoms with Crippen LogP contribution in [-0.2, 0) is 11.3 Å². The highest BCUT2D eigenvalue weighted by atomic mass is 16.7. The van der Waals surface area contributed by atoms with Crippen LogP contribution in [0.5, 0.6) is 11.5 Å². The van der Waals surface area contributed by atoms with E-state index in [-0.39, 0.29) is 12.7 Å². The van der Waals surface area contributed by atoms with Crippen molar-refractivity contribution in [2.75, 3.05) is 6.79 Å². The van der Waals surface area contributed by atoms with E-state index in [2.05, 4.69) is 41.7 Å². The van der Waals surface area contributed by atoms with Gasteiger partial charge in [0.25, 0.3) is 0 Å². The smallest absolute Gasteiger partial charge is 0.244 e. The molecule has 0 saturated carbocycles. The third-order valence-corrected chi connectivity index (χ3v) is 6.35. The van der Waals surface area contributed by atoms with Crippen LogP contribution in [0.2, 0.25) is 0 Å². The summed E-state index contributed by atoms with van der Waals surface area (Å²) in [4.78, 5) is 12.7. The van der Waals surface area contributed by atoms with Crippen LogP contribution in [0.1, 0.15) is 11.1 Å². The number of carbonyl (C=O) groups is 1. The summed E-state index contributed by atoms with van der Waals surface area (Å²) < 4.78 is 12.6. The molecule has 5 aromatic rings. The predicted molar refractivity (Wildman–Crippen MR) is 148 cm³/mol. The van der Waals surface area contributed by atoms with Gasteiger partial charge in [-0.3, -0.25) is 4.79 Å². The van der Waals surface area contributed by atoms with Crippen molar-refractivity contribution in [1.82, 2.24) is 15.1 Å². The van der Waals surface area contributed by atoms with Gasteiger partial charge in [0.2, 0.25) is 12.7 Å². The van der Waals surface area contributed by atoms with Crippen molar-refractivity contribution < 1.29 is 14.3 Å². The van der Waals surface area contributed by atoms with Crippen LogP contribution in [0.15, 0.2) is 115 Å². The third-order valence-electron chi connectivity index (χ3n) is 6.35. The highest BCUT2D eigenvalue weighted by molar-refractivity contribution is 5.92. The molecule has 0 fully saturated rings. The van der Waals surface area contributed by atoms with Crippen LogP contribution in [0.3, 0.4) is 0 Å². The molecule has 1 amide bonds. The third kappa shape index (κ3) is 5.06. The van der Waals surface area contributed by atoms with Crippen LogP contribution in [0.25, 0.3) is 34.1 Å². The monoisotopic (exact) mass is 499 g/mol. The van der Waals surface area contributed by atoms with Gasteiger partial charge in [-0.05, 0) is 47.0 Å². The number of fused-ring (bicyclic) bond motifs is 1. The molecule has 2 heterocycles. The molecule has 6 heteroatoms. The lowest BCUT2D eigenvalue weighted by Crippen LogP contribution is -2.20. The van der Waals surface area contributed by atoms with E-state index in [0.717, 1.165) is 44.9 Å². The second-order valence-corrected chi connectivity index (χ2v) is 8.90.